The zero-order valence-corrected chi connectivity index (χ0v) is 19.0. The largest absolute Gasteiger partial charge is 0.0885 e. The molecule has 0 radical (unpaired) electrons. The lowest BCUT2D eigenvalue weighted by Crippen LogP contribution is -1.84. The molecule has 0 nitrogen and oxygen atoms in total. The van der Waals surface area contributed by atoms with Crippen LogP contribution in [0.25, 0.3) is 0 Å². The number of hydrogen-bond donors (Lipinski definition) is 0. The second kappa shape index (κ2) is 19.5. The van der Waals surface area contributed by atoms with E-state index in [1.807, 2.05) is 0 Å². The molecular formula is C27H46. The van der Waals surface area contributed by atoms with E-state index in [1.54, 1.807) is 0 Å². The van der Waals surface area contributed by atoms with Crippen molar-refractivity contribution in [1.82, 2.24) is 0 Å². The SMILES string of the molecule is CC(C)=CCC/C=C/CC/C(C)=C\CC/C=C/CC/C=C/CCCC(C)C. The van der Waals surface area contributed by atoms with Crippen molar-refractivity contribution in [2.45, 2.75) is 105 Å². The molecule has 0 saturated heterocycles. The summed E-state index contributed by atoms with van der Waals surface area (Å²) < 4.78 is 0. The van der Waals surface area contributed by atoms with Crippen LogP contribution in [-0.2, 0) is 0 Å². The molecule has 0 aliphatic carbocycles. The summed E-state index contributed by atoms with van der Waals surface area (Å²) in [5, 5.41) is 0. The van der Waals surface area contributed by atoms with Gasteiger partial charge in [0, 0.05) is 0 Å². The highest BCUT2D eigenvalue weighted by molar-refractivity contribution is 5.01. The van der Waals surface area contributed by atoms with Crippen LogP contribution in [-0.4, -0.2) is 0 Å². The summed E-state index contributed by atoms with van der Waals surface area (Å²) in [6.45, 7) is 11.2. The van der Waals surface area contributed by atoms with Gasteiger partial charge in [-0.2, -0.15) is 0 Å². The van der Waals surface area contributed by atoms with E-state index >= 15 is 0 Å². The van der Waals surface area contributed by atoms with Crippen LogP contribution in [0, 0.1) is 5.92 Å². The number of allylic oxidation sites excluding steroid dienone is 10. The van der Waals surface area contributed by atoms with Crippen molar-refractivity contribution in [1.29, 1.82) is 0 Å². The fourth-order valence-corrected chi connectivity index (χ4v) is 2.85. The minimum absolute atomic E-state index is 0.841. The first-order valence-corrected chi connectivity index (χ1v) is 11.3. The first-order valence-electron chi connectivity index (χ1n) is 11.3. The normalized spacial score (nSPS) is 12.9. The van der Waals surface area contributed by atoms with Crippen LogP contribution in [0.2, 0.25) is 0 Å². The smallest absolute Gasteiger partial charge is 0.0288 e. The van der Waals surface area contributed by atoms with Gasteiger partial charge in [0.05, 0.1) is 0 Å². The fourth-order valence-electron chi connectivity index (χ4n) is 2.85. The highest BCUT2D eigenvalue weighted by Crippen LogP contribution is 2.09. The van der Waals surface area contributed by atoms with Crippen LogP contribution in [0.4, 0.5) is 0 Å². The van der Waals surface area contributed by atoms with Crippen molar-refractivity contribution >= 4 is 0 Å². The molecule has 27 heavy (non-hydrogen) atoms. The highest BCUT2D eigenvalue weighted by Gasteiger charge is 1.91. The summed E-state index contributed by atoms with van der Waals surface area (Å²) in [4.78, 5) is 0. The minimum Gasteiger partial charge on any atom is -0.0885 e. The lowest BCUT2D eigenvalue weighted by atomic mass is 10.1. The van der Waals surface area contributed by atoms with Gasteiger partial charge in [0.2, 0.25) is 0 Å². The molecule has 0 N–H and O–H groups in total. The maximum absolute atomic E-state index is 2.41. The fraction of sp³-hybridized carbons (Fsp3) is 0.630. The van der Waals surface area contributed by atoms with Gasteiger partial charge in [0.1, 0.15) is 0 Å². The first-order chi connectivity index (χ1) is 13.0. The molecule has 0 heterocycles. The van der Waals surface area contributed by atoms with Gasteiger partial charge in [-0.15, -0.1) is 0 Å². The maximum atomic E-state index is 2.41. The Morgan fingerprint density at radius 3 is 1.63 bits per heavy atom. The van der Waals surface area contributed by atoms with Gasteiger partial charge in [0.25, 0.3) is 0 Å². The lowest BCUT2D eigenvalue weighted by molar-refractivity contribution is 0.559. The molecule has 0 aliphatic heterocycles. The van der Waals surface area contributed by atoms with Gasteiger partial charge in [-0.25, -0.2) is 0 Å². The highest BCUT2D eigenvalue weighted by atomic mass is 14.0. The monoisotopic (exact) mass is 370 g/mol. The van der Waals surface area contributed by atoms with E-state index < -0.39 is 0 Å². The van der Waals surface area contributed by atoms with Gasteiger partial charge < -0.3 is 0 Å². The molecule has 154 valence electrons. The molecule has 0 unspecified atom stereocenters. The molecule has 0 bridgehead atoms. The Morgan fingerprint density at radius 1 is 0.593 bits per heavy atom. The Hall–Kier alpha value is -1.30. The minimum atomic E-state index is 0.841. The number of unbranched alkanes of at least 4 members (excludes halogenated alkanes) is 4. The van der Waals surface area contributed by atoms with Crippen molar-refractivity contribution in [2.24, 2.45) is 5.92 Å². The molecule has 0 aromatic heterocycles. The lowest BCUT2D eigenvalue weighted by Gasteiger charge is -2.00. The van der Waals surface area contributed by atoms with E-state index in [1.165, 1.54) is 81.8 Å². The summed E-state index contributed by atoms with van der Waals surface area (Å²) >= 11 is 0. The number of hydrogen-bond acceptors (Lipinski definition) is 0. The summed E-state index contributed by atoms with van der Waals surface area (Å²) in [7, 11) is 0. The van der Waals surface area contributed by atoms with E-state index in [9.17, 15) is 0 Å². The van der Waals surface area contributed by atoms with Crippen molar-refractivity contribution < 1.29 is 0 Å². The molecule has 0 atom stereocenters. The molecule has 0 spiro atoms. The van der Waals surface area contributed by atoms with Crippen molar-refractivity contribution in [2.75, 3.05) is 0 Å². The molecular weight excluding hydrogens is 324 g/mol. The molecule has 0 saturated carbocycles. The predicted octanol–water partition coefficient (Wildman–Crippen LogP) is 9.51. The Labute approximate surface area is 171 Å². The van der Waals surface area contributed by atoms with Gasteiger partial charge in [-0.1, -0.05) is 80.0 Å². The van der Waals surface area contributed by atoms with Gasteiger partial charge in [0.15, 0.2) is 0 Å². The van der Waals surface area contributed by atoms with E-state index in [2.05, 4.69) is 83.2 Å². The standard InChI is InChI=1S/C27H46/c1-25(2)21-17-13-10-8-6-7-9-11-15-19-23-27(5)24-20-16-12-14-18-22-26(3)4/h8-12,16,22-23,25H,6-7,13-15,17-21,24H2,1-5H3/b10-8+,11-9+,16-12+,27-23-. The third-order valence-electron chi connectivity index (χ3n) is 4.57. The first kappa shape index (κ1) is 25.7. The third kappa shape index (κ3) is 22.7. The topological polar surface area (TPSA) is 0 Å². The van der Waals surface area contributed by atoms with Gasteiger partial charge >= 0.3 is 0 Å². The average Bonchev–Trinajstić information content (AvgIpc) is 2.61. The summed E-state index contributed by atoms with van der Waals surface area (Å²) in [6, 6.07) is 0. The maximum Gasteiger partial charge on any atom is -0.0288 e. The zero-order valence-electron chi connectivity index (χ0n) is 19.0. The van der Waals surface area contributed by atoms with Crippen molar-refractivity contribution in [3.05, 3.63) is 59.8 Å². The molecule has 0 fully saturated rings. The van der Waals surface area contributed by atoms with Crippen LogP contribution < -0.4 is 0 Å². The van der Waals surface area contributed by atoms with Crippen LogP contribution >= 0.6 is 0 Å². The Kier molecular flexibility index (Phi) is 18.5. The summed E-state index contributed by atoms with van der Waals surface area (Å²) in [6.07, 6.45) is 32.2. The second-order valence-corrected chi connectivity index (χ2v) is 8.34. The zero-order chi connectivity index (χ0) is 20.2. The Balaban J connectivity index is 3.57. The quantitative estimate of drug-likeness (QED) is 0.187. The predicted molar refractivity (Wildman–Crippen MR) is 126 cm³/mol. The Morgan fingerprint density at radius 2 is 1.07 bits per heavy atom. The summed E-state index contributed by atoms with van der Waals surface area (Å²) in [5.41, 5.74) is 2.95. The van der Waals surface area contributed by atoms with Crippen LogP contribution in [0.5, 0.6) is 0 Å². The van der Waals surface area contributed by atoms with E-state index in [-0.39, 0.29) is 0 Å². The third-order valence-corrected chi connectivity index (χ3v) is 4.57. The van der Waals surface area contributed by atoms with Crippen molar-refractivity contribution in [3.63, 3.8) is 0 Å². The van der Waals surface area contributed by atoms with E-state index in [4.69, 9.17) is 0 Å². The second-order valence-electron chi connectivity index (χ2n) is 8.34. The number of rotatable bonds is 16. The van der Waals surface area contributed by atoms with Crippen molar-refractivity contribution in [3.8, 4) is 0 Å². The summed E-state index contributed by atoms with van der Waals surface area (Å²) in [5.74, 6) is 0.841. The van der Waals surface area contributed by atoms with E-state index in [0.717, 1.165) is 5.92 Å². The molecule has 0 aromatic rings. The van der Waals surface area contributed by atoms with Crippen LogP contribution in [0.15, 0.2) is 59.8 Å². The van der Waals surface area contributed by atoms with Crippen LogP contribution in [0.3, 0.4) is 0 Å². The molecule has 0 heteroatoms. The van der Waals surface area contributed by atoms with E-state index in [0.29, 0.717) is 0 Å². The molecule has 0 amide bonds. The average molecular weight is 371 g/mol. The Bertz CT molecular complexity index is 464. The van der Waals surface area contributed by atoms with Gasteiger partial charge in [-0.3, -0.25) is 0 Å². The molecule has 0 aliphatic rings. The molecule has 0 aromatic carbocycles. The van der Waals surface area contributed by atoms with Crippen LogP contribution in [0.1, 0.15) is 105 Å². The van der Waals surface area contributed by atoms with Gasteiger partial charge in [-0.05, 0) is 90.9 Å². The molecule has 0 rings (SSSR count).